The van der Waals surface area contributed by atoms with Crippen LogP contribution in [-0.2, 0) is 9.53 Å². The van der Waals surface area contributed by atoms with E-state index in [4.69, 9.17) is 4.74 Å². The number of nitrogens with one attached hydrogen (secondary N) is 1. The van der Waals surface area contributed by atoms with Crippen LogP contribution in [0.1, 0.15) is 18.6 Å². The van der Waals surface area contributed by atoms with Crippen molar-refractivity contribution in [3.05, 3.63) is 29.8 Å². The largest absolute Gasteiger partial charge is 0.387 e. The average molecular weight is 266 g/mol. The van der Waals surface area contributed by atoms with Crippen molar-refractivity contribution in [1.82, 2.24) is 5.32 Å². The second-order valence-corrected chi connectivity index (χ2v) is 4.44. The number of carbonyl (C=O) groups is 1. The fraction of sp³-hybridized carbons (Fsp3) is 0.500. The maximum absolute atomic E-state index is 11.3. The summed E-state index contributed by atoms with van der Waals surface area (Å²) < 4.78 is 4.98. The molecule has 0 aliphatic carbocycles. The SMILES string of the molecule is CCOCC(=O)NCC(O)c1ccc(N(C)C)cc1. The Morgan fingerprint density at radius 1 is 1.37 bits per heavy atom. The van der Waals surface area contributed by atoms with Gasteiger partial charge in [0.2, 0.25) is 5.91 Å². The second kappa shape index (κ2) is 7.76. The molecule has 1 atom stereocenters. The molecule has 2 N–H and O–H groups in total. The third kappa shape index (κ3) is 5.28. The van der Waals surface area contributed by atoms with Gasteiger partial charge in [-0.2, -0.15) is 0 Å². The Morgan fingerprint density at radius 2 is 2.00 bits per heavy atom. The second-order valence-electron chi connectivity index (χ2n) is 4.44. The number of hydrogen-bond acceptors (Lipinski definition) is 4. The summed E-state index contributed by atoms with van der Waals surface area (Å²) in [7, 11) is 3.92. The van der Waals surface area contributed by atoms with Gasteiger partial charge in [-0.1, -0.05) is 12.1 Å². The summed E-state index contributed by atoms with van der Waals surface area (Å²) >= 11 is 0. The van der Waals surface area contributed by atoms with Crippen LogP contribution in [0.4, 0.5) is 5.69 Å². The highest BCUT2D eigenvalue weighted by molar-refractivity contribution is 5.77. The molecule has 0 saturated carbocycles. The van der Waals surface area contributed by atoms with Gasteiger partial charge in [0.1, 0.15) is 6.61 Å². The minimum Gasteiger partial charge on any atom is -0.387 e. The number of nitrogens with zero attached hydrogens (tertiary/aromatic N) is 1. The van der Waals surface area contributed by atoms with Gasteiger partial charge < -0.3 is 20.1 Å². The Kier molecular flexibility index (Phi) is 6.32. The van der Waals surface area contributed by atoms with Gasteiger partial charge >= 0.3 is 0 Å². The maximum Gasteiger partial charge on any atom is 0.246 e. The molecule has 0 aromatic heterocycles. The molecule has 106 valence electrons. The molecule has 0 fully saturated rings. The van der Waals surface area contributed by atoms with Crippen molar-refractivity contribution < 1.29 is 14.6 Å². The summed E-state index contributed by atoms with van der Waals surface area (Å²) in [6.07, 6.45) is -0.707. The van der Waals surface area contributed by atoms with E-state index in [1.54, 1.807) is 0 Å². The Labute approximate surface area is 114 Å². The first kappa shape index (κ1) is 15.5. The Hall–Kier alpha value is -1.59. The Balaban J connectivity index is 2.44. The molecular weight excluding hydrogens is 244 g/mol. The molecular formula is C14H22N2O3. The van der Waals surface area contributed by atoms with Gasteiger partial charge in [0.15, 0.2) is 0 Å². The number of amides is 1. The summed E-state index contributed by atoms with van der Waals surface area (Å²) in [4.78, 5) is 13.3. The van der Waals surface area contributed by atoms with Gasteiger partial charge in [-0.05, 0) is 24.6 Å². The van der Waals surface area contributed by atoms with E-state index < -0.39 is 6.10 Å². The highest BCUT2D eigenvalue weighted by atomic mass is 16.5. The monoisotopic (exact) mass is 266 g/mol. The van der Waals surface area contributed by atoms with Gasteiger partial charge in [0.05, 0.1) is 6.10 Å². The zero-order valence-corrected chi connectivity index (χ0v) is 11.7. The number of rotatable bonds is 7. The topological polar surface area (TPSA) is 61.8 Å². The molecule has 1 aromatic carbocycles. The highest BCUT2D eigenvalue weighted by Crippen LogP contribution is 2.17. The van der Waals surface area contributed by atoms with Crippen LogP contribution >= 0.6 is 0 Å². The van der Waals surface area contributed by atoms with E-state index in [0.29, 0.717) is 6.61 Å². The molecule has 1 rings (SSSR count). The summed E-state index contributed by atoms with van der Waals surface area (Å²) in [6.45, 7) is 2.55. The number of anilines is 1. The molecule has 0 aliphatic heterocycles. The van der Waals surface area contributed by atoms with Crippen LogP contribution in [0.5, 0.6) is 0 Å². The van der Waals surface area contributed by atoms with E-state index in [2.05, 4.69) is 5.32 Å². The lowest BCUT2D eigenvalue weighted by Crippen LogP contribution is -2.31. The van der Waals surface area contributed by atoms with Crippen molar-refractivity contribution in [2.24, 2.45) is 0 Å². The van der Waals surface area contributed by atoms with Crippen molar-refractivity contribution in [2.75, 3.05) is 38.8 Å². The van der Waals surface area contributed by atoms with Crippen LogP contribution in [-0.4, -0.2) is 44.9 Å². The summed E-state index contributed by atoms with van der Waals surface area (Å²) in [6, 6.07) is 7.57. The minimum absolute atomic E-state index is 0.0305. The van der Waals surface area contributed by atoms with Crippen molar-refractivity contribution in [1.29, 1.82) is 0 Å². The quantitative estimate of drug-likeness (QED) is 0.771. The molecule has 0 radical (unpaired) electrons. The first-order chi connectivity index (χ1) is 9.04. The number of ether oxygens (including phenoxy) is 1. The van der Waals surface area contributed by atoms with Crippen molar-refractivity contribution in [3.8, 4) is 0 Å². The van der Waals surface area contributed by atoms with Gasteiger partial charge in [-0.15, -0.1) is 0 Å². The average Bonchev–Trinajstić information content (AvgIpc) is 2.42. The molecule has 0 spiro atoms. The van der Waals surface area contributed by atoms with Gasteiger partial charge in [-0.25, -0.2) is 0 Å². The maximum atomic E-state index is 11.3. The van der Waals surface area contributed by atoms with Crippen molar-refractivity contribution >= 4 is 11.6 Å². The van der Waals surface area contributed by atoms with E-state index in [1.165, 1.54) is 0 Å². The zero-order valence-electron chi connectivity index (χ0n) is 11.7. The van der Waals surface area contributed by atoms with Gasteiger partial charge in [0, 0.05) is 32.9 Å². The van der Waals surface area contributed by atoms with Crippen LogP contribution in [0.2, 0.25) is 0 Å². The van der Waals surface area contributed by atoms with Crippen LogP contribution < -0.4 is 10.2 Å². The van der Waals surface area contributed by atoms with E-state index in [0.717, 1.165) is 11.3 Å². The number of hydrogen-bond donors (Lipinski definition) is 2. The third-order valence-corrected chi connectivity index (χ3v) is 2.72. The lowest BCUT2D eigenvalue weighted by Gasteiger charge is -2.15. The Bertz CT molecular complexity index is 390. The van der Waals surface area contributed by atoms with E-state index in [9.17, 15) is 9.90 Å². The number of carbonyl (C=O) groups excluding carboxylic acids is 1. The first-order valence-electron chi connectivity index (χ1n) is 6.34. The number of aliphatic hydroxyl groups excluding tert-OH is 1. The molecule has 0 heterocycles. The predicted octanol–water partition coefficient (Wildman–Crippen LogP) is 0.939. The lowest BCUT2D eigenvalue weighted by molar-refractivity contribution is -0.126. The third-order valence-electron chi connectivity index (χ3n) is 2.72. The van der Waals surface area contributed by atoms with Gasteiger partial charge in [-0.3, -0.25) is 4.79 Å². The molecule has 0 saturated heterocycles. The summed E-state index contributed by atoms with van der Waals surface area (Å²) in [5, 5.41) is 12.6. The predicted molar refractivity (Wildman–Crippen MR) is 75.2 cm³/mol. The molecule has 19 heavy (non-hydrogen) atoms. The van der Waals surface area contributed by atoms with Crippen LogP contribution in [0.25, 0.3) is 0 Å². The minimum atomic E-state index is -0.707. The normalized spacial score (nSPS) is 12.0. The van der Waals surface area contributed by atoms with Crippen molar-refractivity contribution in [3.63, 3.8) is 0 Å². The molecule has 1 amide bonds. The lowest BCUT2D eigenvalue weighted by atomic mass is 10.1. The molecule has 5 heteroatoms. The number of benzene rings is 1. The summed E-state index contributed by atoms with van der Waals surface area (Å²) in [5.74, 6) is -0.217. The van der Waals surface area contributed by atoms with Crippen molar-refractivity contribution in [2.45, 2.75) is 13.0 Å². The van der Waals surface area contributed by atoms with E-state index in [1.807, 2.05) is 50.2 Å². The highest BCUT2D eigenvalue weighted by Gasteiger charge is 2.09. The smallest absolute Gasteiger partial charge is 0.246 e. The molecule has 5 nitrogen and oxygen atoms in total. The van der Waals surface area contributed by atoms with E-state index in [-0.39, 0.29) is 19.1 Å². The molecule has 0 bridgehead atoms. The standard InChI is InChI=1S/C14H22N2O3/c1-4-19-10-14(18)15-9-13(17)11-5-7-12(8-6-11)16(2)3/h5-8,13,17H,4,9-10H2,1-3H3,(H,15,18). The number of aliphatic hydroxyl groups is 1. The fourth-order valence-electron chi connectivity index (χ4n) is 1.57. The van der Waals surface area contributed by atoms with E-state index >= 15 is 0 Å². The molecule has 1 unspecified atom stereocenters. The summed E-state index contributed by atoms with van der Waals surface area (Å²) in [5.41, 5.74) is 1.85. The van der Waals surface area contributed by atoms with Gasteiger partial charge in [0.25, 0.3) is 0 Å². The molecule has 1 aromatic rings. The fourth-order valence-corrected chi connectivity index (χ4v) is 1.57. The zero-order chi connectivity index (χ0) is 14.3. The molecule has 0 aliphatic rings. The van der Waals surface area contributed by atoms with Crippen LogP contribution in [0, 0.1) is 0 Å². The van der Waals surface area contributed by atoms with Crippen LogP contribution in [0.3, 0.4) is 0 Å². The van der Waals surface area contributed by atoms with Crippen LogP contribution in [0.15, 0.2) is 24.3 Å². The first-order valence-corrected chi connectivity index (χ1v) is 6.34. The Morgan fingerprint density at radius 3 is 2.53 bits per heavy atom.